The molecule has 0 radical (unpaired) electrons. The average Bonchev–Trinajstić information content (AvgIpc) is 3.46. The maximum Gasteiger partial charge on any atom is 0.232 e. The number of Topliss-reactive ketones (excluding diaryl/α,β-unsaturated/α-hetero) is 1. The summed E-state index contributed by atoms with van der Waals surface area (Å²) >= 11 is 0. The number of aryl methyl sites for hydroxylation is 2. The molecule has 1 N–H and O–H groups in total. The number of allylic oxidation sites excluding steroid dienone is 1. The Morgan fingerprint density at radius 3 is 2.37 bits per heavy atom. The van der Waals surface area contributed by atoms with E-state index < -0.39 is 0 Å². The largest absolute Gasteiger partial charge is 0.507 e. The fraction of sp³-hybridized carbons (Fsp3) is 0.281. The molecule has 6 rings (SSSR count). The Labute approximate surface area is 223 Å². The van der Waals surface area contributed by atoms with Crippen LogP contribution < -0.4 is 4.74 Å². The van der Waals surface area contributed by atoms with Gasteiger partial charge in [0.05, 0.1) is 11.1 Å². The number of aromatic hydroxyl groups is 1. The lowest BCUT2D eigenvalue weighted by atomic mass is 9.99. The summed E-state index contributed by atoms with van der Waals surface area (Å²) in [7, 11) is 0. The van der Waals surface area contributed by atoms with Crippen molar-refractivity contribution in [3.05, 3.63) is 100 Å². The van der Waals surface area contributed by atoms with Crippen LogP contribution in [0.4, 0.5) is 0 Å². The van der Waals surface area contributed by atoms with Gasteiger partial charge >= 0.3 is 0 Å². The highest BCUT2D eigenvalue weighted by Gasteiger charge is 2.34. The van der Waals surface area contributed by atoms with Crippen LogP contribution in [0.1, 0.15) is 39.5 Å². The highest BCUT2D eigenvalue weighted by Crippen LogP contribution is 2.42. The van der Waals surface area contributed by atoms with Gasteiger partial charge in [0, 0.05) is 68.5 Å². The minimum Gasteiger partial charge on any atom is -0.507 e. The van der Waals surface area contributed by atoms with E-state index in [-0.39, 0.29) is 11.5 Å². The number of hydrogen-bond acceptors (Lipinski definition) is 5. The van der Waals surface area contributed by atoms with Crippen molar-refractivity contribution in [2.24, 2.45) is 0 Å². The molecule has 0 atom stereocenters. The minimum atomic E-state index is -0.125. The number of rotatable bonds is 6. The van der Waals surface area contributed by atoms with Crippen molar-refractivity contribution >= 4 is 22.8 Å². The molecule has 0 spiro atoms. The van der Waals surface area contributed by atoms with E-state index >= 15 is 0 Å². The van der Waals surface area contributed by atoms with Gasteiger partial charge < -0.3 is 14.4 Å². The van der Waals surface area contributed by atoms with Gasteiger partial charge in [-0.2, -0.15) is 0 Å². The fourth-order valence-corrected chi connectivity index (χ4v) is 5.70. The zero-order valence-corrected chi connectivity index (χ0v) is 22.0. The zero-order valence-electron chi connectivity index (χ0n) is 22.0. The number of carbonyl (C=O) groups is 1. The summed E-state index contributed by atoms with van der Waals surface area (Å²) in [6, 6.07) is 20.4. The van der Waals surface area contributed by atoms with Gasteiger partial charge in [0.1, 0.15) is 11.5 Å². The molecule has 2 aliphatic rings. The predicted octanol–water partition coefficient (Wildman–Crippen LogP) is 5.61. The summed E-state index contributed by atoms with van der Waals surface area (Å²) < 4.78 is 8.43. The molecule has 3 aromatic carbocycles. The number of phenols is 1. The van der Waals surface area contributed by atoms with Crippen LogP contribution in [0.15, 0.2) is 72.6 Å². The molecule has 2 aliphatic heterocycles. The van der Waals surface area contributed by atoms with E-state index in [1.807, 2.05) is 31.2 Å². The molecule has 0 saturated carbocycles. The van der Waals surface area contributed by atoms with Gasteiger partial charge in [0.25, 0.3) is 0 Å². The van der Waals surface area contributed by atoms with Crippen molar-refractivity contribution in [1.29, 1.82) is 0 Å². The van der Waals surface area contributed by atoms with Gasteiger partial charge in [-0.3, -0.25) is 14.6 Å². The number of hydrogen-bond donors (Lipinski definition) is 1. The van der Waals surface area contributed by atoms with Gasteiger partial charge in [-0.25, -0.2) is 0 Å². The Hall–Kier alpha value is -3.87. The molecule has 0 unspecified atom stereocenters. The van der Waals surface area contributed by atoms with Crippen molar-refractivity contribution in [3.8, 4) is 11.5 Å². The summed E-state index contributed by atoms with van der Waals surface area (Å²) in [5.74, 6) is 0.871. The maximum atomic E-state index is 13.5. The van der Waals surface area contributed by atoms with Crippen molar-refractivity contribution in [2.75, 3.05) is 26.2 Å². The van der Waals surface area contributed by atoms with Crippen molar-refractivity contribution < 1.29 is 14.6 Å². The second kappa shape index (κ2) is 10.1. The summed E-state index contributed by atoms with van der Waals surface area (Å²) in [4.78, 5) is 18.3. The van der Waals surface area contributed by atoms with E-state index in [2.05, 4.69) is 63.9 Å². The number of nitrogens with zero attached hydrogens (tertiary/aromatic N) is 3. The molecule has 1 fully saturated rings. The van der Waals surface area contributed by atoms with E-state index in [1.165, 1.54) is 5.56 Å². The number of para-hydroxylation sites is 1. The fourth-order valence-electron chi connectivity index (χ4n) is 5.70. The molecule has 194 valence electrons. The summed E-state index contributed by atoms with van der Waals surface area (Å²) in [6.07, 6.45) is 3.91. The molecular formula is C32H33N3O3. The molecule has 3 heterocycles. The van der Waals surface area contributed by atoms with Crippen LogP contribution in [0.2, 0.25) is 0 Å². The van der Waals surface area contributed by atoms with Crippen LogP contribution in [-0.4, -0.2) is 51.4 Å². The van der Waals surface area contributed by atoms with Crippen LogP contribution in [0.25, 0.3) is 17.0 Å². The summed E-state index contributed by atoms with van der Waals surface area (Å²) in [5.41, 5.74) is 5.39. The second-order valence-corrected chi connectivity index (χ2v) is 10.3. The lowest BCUT2D eigenvalue weighted by molar-refractivity contribution is 0.101. The van der Waals surface area contributed by atoms with Crippen molar-refractivity contribution in [3.63, 3.8) is 0 Å². The van der Waals surface area contributed by atoms with Crippen LogP contribution in [0.3, 0.4) is 0 Å². The third-order valence-corrected chi connectivity index (χ3v) is 7.76. The first-order valence-corrected chi connectivity index (χ1v) is 13.4. The lowest BCUT2D eigenvalue weighted by Crippen LogP contribution is -2.45. The van der Waals surface area contributed by atoms with Gasteiger partial charge in [-0.05, 0) is 43.2 Å². The first-order valence-electron chi connectivity index (χ1n) is 13.4. The topological polar surface area (TPSA) is 57.9 Å². The van der Waals surface area contributed by atoms with Gasteiger partial charge in [-0.1, -0.05) is 48.5 Å². The Balaban J connectivity index is 1.23. The highest BCUT2D eigenvalue weighted by molar-refractivity contribution is 6.16. The molecule has 6 nitrogen and oxygen atoms in total. The van der Waals surface area contributed by atoms with Crippen LogP contribution >= 0.6 is 0 Å². The Bertz CT molecular complexity index is 1530. The smallest absolute Gasteiger partial charge is 0.232 e. The van der Waals surface area contributed by atoms with E-state index in [0.29, 0.717) is 29.2 Å². The van der Waals surface area contributed by atoms with E-state index in [1.54, 1.807) is 6.07 Å². The molecule has 6 heteroatoms. The minimum absolute atomic E-state index is 0.125. The summed E-state index contributed by atoms with van der Waals surface area (Å²) in [6.45, 7) is 9.99. The number of phenolic OH excluding ortho intramolecular Hbond substituents is 1. The predicted molar refractivity (Wildman–Crippen MR) is 150 cm³/mol. The molecule has 0 amide bonds. The zero-order chi connectivity index (χ0) is 26.2. The second-order valence-electron chi connectivity index (χ2n) is 10.3. The molecule has 0 bridgehead atoms. The van der Waals surface area contributed by atoms with E-state index in [4.69, 9.17) is 4.74 Å². The molecular weight excluding hydrogens is 474 g/mol. The number of aromatic nitrogens is 1. The van der Waals surface area contributed by atoms with E-state index in [0.717, 1.165) is 61.3 Å². The molecule has 0 aliphatic carbocycles. The number of ketones is 1. The number of carbonyl (C=O) groups excluding carboxylic acids is 1. The standard InChI is InChI=1S/C32H33N3O3/c1-3-35-20-24(25-11-7-8-12-27(25)35)18-29-31(37)30-22(2)17-28(36)26(32(30)38-29)21-34-15-13-33(14-16-34)19-23-9-5-4-6-10-23/h4-12,17-18,20,36H,3,13-16,19,21H2,1-2H3/b29-18+. The van der Waals surface area contributed by atoms with E-state index in [9.17, 15) is 9.90 Å². The quantitative estimate of drug-likeness (QED) is 0.344. The number of ether oxygens (including phenoxy) is 1. The Kier molecular flexibility index (Phi) is 6.52. The third-order valence-electron chi connectivity index (χ3n) is 7.76. The number of benzene rings is 3. The van der Waals surface area contributed by atoms with Gasteiger partial charge in [0.15, 0.2) is 5.76 Å². The molecule has 38 heavy (non-hydrogen) atoms. The number of fused-ring (bicyclic) bond motifs is 2. The first-order chi connectivity index (χ1) is 18.5. The van der Waals surface area contributed by atoms with Crippen molar-refractivity contribution in [2.45, 2.75) is 33.5 Å². The van der Waals surface area contributed by atoms with Gasteiger partial charge in [0.2, 0.25) is 5.78 Å². The van der Waals surface area contributed by atoms with Gasteiger partial charge in [-0.15, -0.1) is 0 Å². The molecule has 4 aromatic rings. The first kappa shape index (κ1) is 24.5. The normalized spacial score (nSPS) is 17.3. The molecule has 1 aromatic heterocycles. The third kappa shape index (κ3) is 4.51. The Morgan fingerprint density at radius 1 is 0.947 bits per heavy atom. The highest BCUT2D eigenvalue weighted by atomic mass is 16.5. The van der Waals surface area contributed by atoms with Crippen LogP contribution in [0.5, 0.6) is 11.5 Å². The maximum absolute atomic E-state index is 13.5. The van der Waals surface area contributed by atoms with Crippen LogP contribution in [0, 0.1) is 6.92 Å². The summed E-state index contributed by atoms with van der Waals surface area (Å²) in [5, 5.41) is 12.0. The Morgan fingerprint density at radius 2 is 1.63 bits per heavy atom. The van der Waals surface area contributed by atoms with Crippen molar-refractivity contribution in [1.82, 2.24) is 14.4 Å². The number of piperazine rings is 1. The molecule has 1 saturated heterocycles. The van der Waals surface area contributed by atoms with Crippen LogP contribution in [-0.2, 0) is 19.6 Å². The monoisotopic (exact) mass is 507 g/mol. The SMILES string of the molecule is CCn1cc(/C=C2/Oc3c(CN4CCN(Cc5ccccc5)CC4)c(O)cc(C)c3C2=O)c2ccccc21. The average molecular weight is 508 g/mol. The lowest BCUT2D eigenvalue weighted by Gasteiger charge is -2.35.